The Hall–Kier alpha value is -0.160. The van der Waals surface area contributed by atoms with Crippen LogP contribution in [0.2, 0.25) is 0 Å². The van der Waals surface area contributed by atoms with E-state index in [4.69, 9.17) is 9.47 Å². The van der Waals surface area contributed by atoms with Gasteiger partial charge in [0.1, 0.15) is 37.9 Å². The monoisotopic (exact) mass is 272 g/mol. The molecule has 4 nitrogen and oxygen atoms in total. The Balaban J connectivity index is 1.67. The van der Waals surface area contributed by atoms with Gasteiger partial charge in [0.2, 0.25) is 0 Å². The van der Waals surface area contributed by atoms with Crippen molar-refractivity contribution in [1.82, 2.24) is 0 Å². The average molecular weight is 272 g/mol. The number of aliphatic hydroxyl groups is 1. The van der Waals surface area contributed by atoms with E-state index in [-0.39, 0.29) is 6.10 Å². The summed E-state index contributed by atoms with van der Waals surface area (Å²) in [5, 5.41) is 10.1. The Kier molecular flexibility index (Phi) is 5.63. The number of hydrogen-bond acceptors (Lipinski definition) is 3. The lowest BCUT2D eigenvalue weighted by molar-refractivity contribution is -0.918. The molecule has 1 aliphatic carbocycles. The van der Waals surface area contributed by atoms with Crippen LogP contribution in [0.25, 0.3) is 0 Å². The fraction of sp³-hybridized carbons (Fsp3) is 1.00. The Bertz CT molecular complexity index is 264. The molecule has 0 amide bonds. The van der Waals surface area contributed by atoms with Crippen LogP contribution in [0.15, 0.2) is 0 Å². The third-order valence-electron chi connectivity index (χ3n) is 4.43. The van der Waals surface area contributed by atoms with Gasteiger partial charge in [0, 0.05) is 0 Å². The van der Waals surface area contributed by atoms with Gasteiger partial charge in [0.05, 0.1) is 12.7 Å². The summed E-state index contributed by atoms with van der Waals surface area (Å²) in [6, 6.07) is 0. The van der Waals surface area contributed by atoms with Crippen molar-refractivity contribution in [2.24, 2.45) is 5.92 Å². The fourth-order valence-electron chi connectivity index (χ4n) is 3.54. The average Bonchev–Trinajstić information content (AvgIpc) is 2.71. The van der Waals surface area contributed by atoms with E-state index in [1.165, 1.54) is 17.7 Å². The summed E-state index contributed by atoms with van der Waals surface area (Å²) < 4.78 is 11.6. The van der Waals surface area contributed by atoms with E-state index < -0.39 is 0 Å². The van der Waals surface area contributed by atoms with Crippen molar-refractivity contribution in [2.75, 3.05) is 26.2 Å². The van der Waals surface area contributed by atoms with Crippen molar-refractivity contribution in [3.8, 4) is 0 Å². The highest BCUT2D eigenvalue weighted by Gasteiger charge is 2.29. The summed E-state index contributed by atoms with van der Waals surface area (Å²) in [6.45, 7) is 9.71. The number of aliphatic hydroxyl groups excluding tert-OH is 1. The van der Waals surface area contributed by atoms with Crippen LogP contribution in [0.4, 0.5) is 0 Å². The lowest BCUT2D eigenvalue weighted by Gasteiger charge is -2.33. The summed E-state index contributed by atoms with van der Waals surface area (Å²) in [5.41, 5.74) is 0. The van der Waals surface area contributed by atoms with Crippen molar-refractivity contribution in [3.63, 3.8) is 0 Å². The zero-order valence-corrected chi connectivity index (χ0v) is 12.6. The van der Waals surface area contributed by atoms with Gasteiger partial charge in [0.25, 0.3) is 0 Å². The zero-order chi connectivity index (χ0) is 13.8. The first-order valence-electron chi connectivity index (χ1n) is 7.83. The molecule has 112 valence electrons. The van der Waals surface area contributed by atoms with E-state index in [1.54, 1.807) is 0 Å². The largest absolute Gasteiger partial charge is 0.385 e. The van der Waals surface area contributed by atoms with Crippen LogP contribution in [0, 0.1) is 5.92 Å². The molecule has 1 aliphatic heterocycles. The third kappa shape index (κ3) is 4.71. The fourth-order valence-corrected chi connectivity index (χ4v) is 3.54. The predicted molar refractivity (Wildman–Crippen MR) is 74.3 cm³/mol. The van der Waals surface area contributed by atoms with Gasteiger partial charge in [-0.05, 0) is 32.6 Å². The lowest BCUT2D eigenvalue weighted by Crippen LogP contribution is -3.16. The van der Waals surface area contributed by atoms with E-state index >= 15 is 0 Å². The minimum Gasteiger partial charge on any atom is -0.385 e. The zero-order valence-electron chi connectivity index (χ0n) is 12.6. The molecule has 19 heavy (non-hydrogen) atoms. The van der Waals surface area contributed by atoms with Crippen molar-refractivity contribution in [2.45, 2.75) is 64.4 Å². The van der Waals surface area contributed by atoms with E-state index in [2.05, 4.69) is 20.8 Å². The molecule has 0 aromatic heterocycles. The molecule has 2 fully saturated rings. The number of morpholine rings is 1. The summed E-state index contributed by atoms with van der Waals surface area (Å²) in [5.74, 6) is 0.656. The van der Waals surface area contributed by atoms with Crippen LogP contribution >= 0.6 is 0 Å². The molecule has 0 spiro atoms. The highest BCUT2D eigenvalue weighted by Crippen LogP contribution is 2.27. The second kappa shape index (κ2) is 7.02. The first-order chi connectivity index (χ1) is 9.04. The highest BCUT2D eigenvalue weighted by molar-refractivity contribution is 4.75. The Morgan fingerprint density at radius 1 is 1.21 bits per heavy atom. The van der Waals surface area contributed by atoms with Crippen LogP contribution in [-0.4, -0.2) is 55.8 Å². The van der Waals surface area contributed by atoms with Gasteiger partial charge in [-0.1, -0.05) is 13.3 Å². The van der Waals surface area contributed by atoms with E-state index in [0.29, 0.717) is 30.8 Å². The molecule has 2 rings (SSSR count). The molecule has 1 saturated heterocycles. The van der Waals surface area contributed by atoms with Crippen LogP contribution in [-0.2, 0) is 9.47 Å². The second-order valence-electron chi connectivity index (χ2n) is 6.55. The molecule has 2 aliphatic rings. The van der Waals surface area contributed by atoms with Gasteiger partial charge in [-0.2, -0.15) is 0 Å². The number of rotatable bonds is 5. The van der Waals surface area contributed by atoms with Gasteiger partial charge in [-0.15, -0.1) is 0 Å². The maximum atomic E-state index is 10.1. The van der Waals surface area contributed by atoms with E-state index in [9.17, 15) is 5.11 Å². The SMILES string of the molecule is C[C@@H]1C[NH+](C[C@@H](O)CO[C@H]2CCC[C@@H]2C)C[C@H](C)O1. The van der Waals surface area contributed by atoms with E-state index in [1.807, 2.05) is 0 Å². The quantitative estimate of drug-likeness (QED) is 0.754. The van der Waals surface area contributed by atoms with Crippen molar-refractivity contribution in [1.29, 1.82) is 0 Å². The van der Waals surface area contributed by atoms with Crippen LogP contribution in [0.1, 0.15) is 40.0 Å². The molecule has 1 unspecified atom stereocenters. The first-order valence-corrected chi connectivity index (χ1v) is 7.83. The maximum Gasteiger partial charge on any atom is 0.126 e. The predicted octanol–water partition coefficient (Wildman–Crippen LogP) is 0.245. The summed E-state index contributed by atoms with van der Waals surface area (Å²) in [4.78, 5) is 1.43. The molecule has 0 aromatic carbocycles. The van der Waals surface area contributed by atoms with Crippen LogP contribution in [0.3, 0.4) is 0 Å². The molecular weight excluding hydrogens is 242 g/mol. The molecule has 1 saturated carbocycles. The molecule has 2 N–H and O–H groups in total. The van der Waals surface area contributed by atoms with Gasteiger partial charge >= 0.3 is 0 Å². The smallest absolute Gasteiger partial charge is 0.126 e. The molecule has 0 radical (unpaired) electrons. The number of hydrogen-bond donors (Lipinski definition) is 2. The Morgan fingerprint density at radius 2 is 1.89 bits per heavy atom. The molecule has 4 heteroatoms. The van der Waals surface area contributed by atoms with Crippen molar-refractivity contribution < 1.29 is 19.5 Å². The Labute approximate surface area is 117 Å². The lowest BCUT2D eigenvalue weighted by atomic mass is 10.1. The Morgan fingerprint density at radius 3 is 2.47 bits per heavy atom. The van der Waals surface area contributed by atoms with E-state index in [0.717, 1.165) is 26.1 Å². The minimum atomic E-state index is -0.347. The molecule has 1 heterocycles. The van der Waals surface area contributed by atoms with Crippen molar-refractivity contribution >= 4 is 0 Å². The topological polar surface area (TPSA) is 43.1 Å². The minimum absolute atomic E-state index is 0.293. The molecule has 0 aromatic rings. The maximum absolute atomic E-state index is 10.1. The third-order valence-corrected chi connectivity index (χ3v) is 4.43. The summed E-state index contributed by atoms with van der Waals surface area (Å²) in [7, 11) is 0. The number of nitrogens with one attached hydrogen (secondary N) is 1. The highest BCUT2D eigenvalue weighted by atomic mass is 16.5. The van der Waals surface area contributed by atoms with Gasteiger partial charge in [-0.3, -0.25) is 0 Å². The normalized spacial score (nSPS) is 41.4. The molecular formula is C15H30NO3+. The summed E-state index contributed by atoms with van der Waals surface area (Å²) >= 11 is 0. The van der Waals surface area contributed by atoms with Gasteiger partial charge in [0.15, 0.2) is 0 Å². The molecule has 0 bridgehead atoms. The standard InChI is InChI=1S/C15H29NO3/c1-11-5-4-6-15(11)18-10-14(17)9-16-7-12(2)19-13(3)8-16/h11-15,17H,4-10H2,1-3H3/p+1/t11-,12-,13+,14+,15-/m0/s1. The molecule has 6 atom stereocenters. The van der Waals surface area contributed by atoms with Gasteiger partial charge < -0.3 is 19.5 Å². The van der Waals surface area contributed by atoms with Gasteiger partial charge in [-0.25, -0.2) is 0 Å². The number of quaternary nitrogens is 1. The first kappa shape index (κ1) is 15.2. The number of ether oxygens (including phenoxy) is 2. The summed E-state index contributed by atoms with van der Waals surface area (Å²) in [6.07, 6.45) is 4.30. The second-order valence-corrected chi connectivity index (χ2v) is 6.55. The van der Waals surface area contributed by atoms with Crippen molar-refractivity contribution in [3.05, 3.63) is 0 Å². The van der Waals surface area contributed by atoms with Crippen LogP contribution in [0.5, 0.6) is 0 Å². The van der Waals surface area contributed by atoms with Crippen LogP contribution < -0.4 is 4.90 Å².